The molecule has 1 amide bonds. The van der Waals surface area contributed by atoms with Crippen molar-refractivity contribution in [3.8, 4) is 11.1 Å². The van der Waals surface area contributed by atoms with Gasteiger partial charge in [0, 0.05) is 18.2 Å². The van der Waals surface area contributed by atoms with Crippen LogP contribution in [0.4, 0.5) is 10.5 Å². The zero-order valence-corrected chi connectivity index (χ0v) is 19.2. The van der Waals surface area contributed by atoms with Gasteiger partial charge < -0.3 is 4.74 Å². The molecule has 1 heterocycles. The summed E-state index contributed by atoms with van der Waals surface area (Å²) in [6, 6.07) is 15.3. The normalized spacial score (nSPS) is 20.6. The van der Waals surface area contributed by atoms with Crippen LogP contribution in [0.15, 0.2) is 42.5 Å². The van der Waals surface area contributed by atoms with E-state index in [1.54, 1.807) is 10.5 Å². The number of carbonyl (C=O) groups excluding carboxylic acids is 1. The van der Waals surface area contributed by atoms with Crippen molar-refractivity contribution >= 4 is 11.8 Å². The van der Waals surface area contributed by atoms with E-state index in [0.717, 1.165) is 18.2 Å². The molecular formula is C28H37NO2. The van der Waals surface area contributed by atoms with Gasteiger partial charge in [-0.1, -0.05) is 82.7 Å². The second kappa shape index (κ2) is 10.3. The predicted molar refractivity (Wildman–Crippen MR) is 129 cm³/mol. The maximum atomic E-state index is 12.1. The Morgan fingerprint density at radius 1 is 0.903 bits per heavy atom. The molecule has 1 aliphatic heterocycles. The number of fused-ring (bicyclic) bond motifs is 1. The third-order valence-corrected chi connectivity index (χ3v) is 6.91. The first kappa shape index (κ1) is 21.9. The molecule has 2 atom stereocenters. The van der Waals surface area contributed by atoms with Crippen LogP contribution in [-0.2, 0) is 17.6 Å². The molecule has 2 unspecified atom stereocenters. The SMILES string of the molecule is CCCCCCCCC1Cc2ccc(-c3ccc(N4CC(C)COC4=O)cc3)cc2C1. The minimum Gasteiger partial charge on any atom is -0.449 e. The molecular weight excluding hydrogens is 382 g/mol. The lowest BCUT2D eigenvalue weighted by molar-refractivity contribution is 0.119. The van der Waals surface area contributed by atoms with Gasteiger partial charge in [-0.2, -0.15) is 0 Å². The van der Waals surface area contributed by atoms with Crippen molar-refractivity contribution in [1.82, 2.24) is 0 Å². The summed E-state index contributed by atoms with van der Waals surface area (Å²) in [6.45, 7) is 5.63. The number of benzene rings is 2. The maximum absolute atomic E-state index is 12.1. The van der Waals surface area contributed by atoms with Crippen LogP contribution in [0.1, 0.15) is 69.9 Å². The average Bonchev–Trinajstić information content (AvgIpc) is 3.20. The zero-order valence-electron chi connectivity index (χ0n) is 19.2. The van der Waals surface area contributed by atoms with E-state index in [-0.39, 0.29) is 6.09 Å². The Hall–Kier alpha value is -2.29. The van der Waals surface area contributed by atoms with E-state index >= 15 is 0 Å². The molecule has 2 aromatic rings. The van der Waals surface area contributed by atoms with Crippen LogP contribution >= 0.6 is 0 Å². The number of rotatable bonds is 9. The van der Waals surface area contributed by atoms with Crippen LogP contribution in [0, 0.1) is 11.8 Å². The lowest BCUT2D eigenvalue weighted by atomic mass is 9.97. The fourth-order valence-corrected chi connectivity index (χ4v) is 5.08. The standard InChI is InChI=1S/C28H37NO2/c1-3-4-5-6-7-8-9-22-16-24-10-11-25(18-26(24)17-22)23-12-14-27(15-13-23)29-19-21(2)20-31-28(29)30/h10-15,18,21-22H,3-9,16-17,19-20H2,1-2H3. The Labute approximate surface area is 187 Å². The summed E-state index contributed by atoms with van der Waals surface area (Å²) in [5, 5.41) is 0. The Bertz CT molecular complexity index is 873. The molecule has 2 aliphatic rings. The first-order valence-corrected chi connectivity index (χ1v) is 12.3. The molecule has 4 rings (SSSR count). The van der Waals surface area contributed by atoms with Crippen LogP contribution in [0.3, 0.4) is 0 Å². The lowest BCUT2D eigenvalue weighted by Gasteiger charge is -2.30. The van der Waals surface area contributed by atoms with Crippen LogP contribution in [0.5, 0.6) is 0 Å². The van der Waals surface area contributed by atoms with E-state index < -0.39 is 0 Å². The van der Waals surface area contributed by atoms with E-state index in [9.17, 15) is 4.79 Å². The van der Waals surface area contributed by atoms with E-state index in [2.05, 4.69) is 44.2 Å². The molecule has 1 fully saturated rings. The summed E-state index contributed by atoms with van der Waals surface area (Å²) in [4.78, 5) is 13.8. The summed E-state index contributed by atoms with van der Waals surface area (Å²) in [7, 11) is 0. The number of unbranched alkanes of at least 4 members (excludes halogenated alkanes) is 5. The molecule has 0 spiro atoms. The van der Waals surface area contributed by atoms with Crippen LogP contribution in [0.25, 0.3) is 11.1 Å². The summed E-state index contributed by atoms with van der Waals surface area (Å²) in [5.74, 6) is 1.18. The highest BCUT2D eigenvalue weighted by Crippen LogP contribution is 2.34. The molecule has 31 heavy (non-hydrogen) atoms. The summed E-state index contributed by atoms with van der Waals surface area (Å²) >= 11 is 0. The average molecular weight is 420 g/mol. The van der Waals surface area contributed by atoms with E-state index in [1.165, 1.54) is 74.5 Å². The van der Waals surface area contributed by atoms with Gasteiger partial charge in [0.25, 0.3) is 0 Å². The van der Waals surface area contributed by atoms with Crippen molar-refractivity contribution in [2.45, 2.75) is 71.6 Å². The molecule has 0 saturated carbocycles. The van der Waals surface area contributed by atoms with E-state index in [1.807, 2.05) is 12.1 Å². The Kier molecular flexibility index (Phi) is 7.32. The first-order chi connectivity index (χ1) is 15.1. The Morgan fingerprint density at radius 2 is 1.61 bits per heavy atom. The quantitative estimate of drug-likeness (QED) is 0.396. The van der Waals surface area contributed by atoms with Crippen molar-refractivity contribution in [3.05, 3.63) is 53.6 Å². The van der Waals surface area contributed by atoms with Crippen molar-refractivity contribution in [3.63, 3.8) is 0 Å². The predicted octanol–water partition coefficient (Wildman–Crippen LogP) is 7.41. The van der Waals surface area contributed by atoms with Crippen molar-refractivity contribution < 1.29 is 9.53 Å². The molecule has 3 heteroatoms. The maximum Gasteiger partial charge on any atom is 0.414 e. The summed E-state index contributed by atoms with van der Waals surface area (Å²) in [5.41, 5.74) is 6.48. The van der Waals surface area contributed by atoms with Gasteiger partial charge in [0.2, 0.25) is 0 Å². The zero-order chi connectivity index (χ0) is 21.6. The van der Waals surface area contributed by atoms with Crippen molar-refractivity contribution in [1.29, 1.82) is 0 Å². The third-order valence-electron chi connectivity index (χ3n) is 6.91. The smallest absolute Gasteiger partial charge is 0.414 e. The number of ether oxygens (including phenoxy) is 1. The van der Waals surface area contributed by atoms with Gasteiger partial charge in [-0.25, -0.2) is 4.79 Å². The molecule has 2 aromatic carbocycles. The third kappa shape index (κ3) is 5.50. The number of hydrogen-bond acceptors (Lipinski definition) is 2. The van der Waals surface area contributed by atoms with Gasteiger partial charge in [-0.05, 0) is 59.6 Å². The number of anilines is 1. The molecule has 1 aliphatic carbocycles. The van der Waals surface area contributed by atoms with Crippen molar-refractivity contribution in [2.24, 2.45) is 11.8 Å². The molecule has 166 valence electrons. The lowest BCUT2D eigenvalue weighted by Crippen LogP contribution is -2.42. The number of cyclic esters (lactones) is 1. The van der Waals surface area contributed by atoms with Gasteiger partial charge in [-0.15, -0.1) is 0 Å². The number of carbonyl (C=O) groups is 1. The monoisotopic (exact) mass is 419 g/mol. The second-order valence-corrected chi connectivity index (χ2v) is 9.65. The minimum atomic E-state index is -0.236. The number of hydrogen-bond donors (Lipinski definition) is 0. The van der Waals surface area contributed by atoms with E-state index in [0.29, 0.717) is 12.5 Å². The molecule has 0 radical (unpaired) electrons. The summed E-state index contributed by atoms with van der Waals surface area (Å²) in [6.07, 6.45) is 11.9. The molecule has 0 aromatic heterocycles. The highest BCUT2D eigenvalue weighted by Gasteiger charge is 2.26. The fraction of sp³-hybridized carbons (Fsp3) is 0.536. The Morgan fingerprint density at radius 3 is 2.42 bits per heavy atom. The number of nitrogens with zero attached hydrogens (tertiary/aromatic N) is 1. The highest BCUT2D eigenvalue weighted by atomic mass is 16.6. The number of amides is 1. The van der Waals surface area contributed by atoms with Crippen molar-refractivity contribution in [2.75, 3.05) is 18.1 Å². The van der Waals surface area contributed by atoms with Crippen LogP contribution in [-0.4, -0.2) is 19.2 Å². The van der Waals surface area contributed by atoms with Gasteiger partial charge in [0.1, 0.15) is 0 Å². The highest BCUT2D eigenvalue weighted by molar-refractivity contribution is 5.88. The van der Waals surface area contributed by atoms with Gasteiger partial charge in [-0.3, -0.25) is 4.90 Å². The second-order valence-electron chi connectivity index (χ2n) is 9.65. The largest absolute Gasteiger partial charge is 0.449 e. The summed E-state index contributed by atoms with van der Waals surface area (Å²) < 4.78 is 5.27. The minimum absolute atomic E-state index is 0.236. The molecule has 3 nitrogen and oxygen atoms in total. The van der Waals surface area contributed by atoms with Gasteiger partial charge >= 0.3 is 6.09 Å². The first-order valence-electron chi connectivity index (χ1n) is 12.3. The van der Waals surface area contributed by atoms with Gasteiger partial charge in [0.15, 0.2) is 0 Å². The molecule has 0 N–H and O–H groups in total. The molecule has 0 bridgehead atoms. The van der Waals surface area contributed by atoms with Gasteiger partial charge in [0.05, 0.1) is 6.61 Å². The topological polar surface area (TPSA) is 29.5 Å². The fourth-order valence-electron chi connectivity index (χ4n) is 5.08. The van der Waals surface area contributed by atoms with E-state index in [4.69, 9.17) is 4.74 Å². The Balaban J connectivity index is 1.34. The van der Waals surface area contributed by atoms with Crippen LogP contribution in [0.2, 0.25) is 0 Å². The molecule has 1 saturated heterocycles. The van der Waals surface area contributed by atoms with Crippen LogP contribution < -0.4 is 4.90 Å².